The number of aromatic nitrogens is 1. The molecule has 1 fully saturated rings. The summed E-state index contributed by atoms with van der Waals surface area (Å²) in [6, 6.07) is 5.94. The van der Waals surface area contributed by atoms with E-state index >= 15 is 0 Å². The summed E-state index contributed by atoms with van der Waals surface area (Å²) in [7, 11) is -3.63. The first-order chi connectivity index (χ1) is 15.9. The highest BCUT2D eigenvalue weighted by molar-refractivity contribution is 7.92. The molecule has 34 heavy (non-hydrogen) atoms. The molecule has 0 aliphatic carbocycles. The Balaban J connectivity index is 1.70. The van der Waals surface area contributed by atoms with E-state index in [0.717, 1.165) is 37.7 Å². The Morgan fingerprint density at radius 3 is 2.47 bits per heavy atom. The van der Waals surface area contributed by atoms with Gasteiger partial charge in [-0.3, -0.25) is 9.52 Å². The minimum Gasteiger partial charge on any atom is -0.356 e. The number of rotatable bonds is 7. The highest BCUT2D eigenvalue weighted by Gasteiger charge is 2.33. The van der Waals surface area contributed by atoms with Crippen molar-refractivity contribution < 1.29 is 30.8 Å². The molecule has 1 amide bonds. The summed E-state index contributed by atoms with van der Waals surface area (Å²) in [6.45, 7) is 1.12. The second-order valence-corrected chi connectivity index (χ2v) is 9.64. The maximum atomic E-state index is 14.1. The molecule has 0 atom stereocenters. The number of amides is 1. The highest BCUT2D eigenvalue weighted by Crippen LogP contribution is 2.32. The molecule has 2 heterocycles. The first-order valence-corrected chi connectivity index (χ1v) is 12.4. The second-order valence-electron chi connectivity index (χ2n) is 7.89. The Morgan fingerprint density at radius 2 is 1.85 bits per heavy atom. The summed E-state index contributed by atoms with van der Waals surface area (Å²) >= 11 is 0. The van der Waals surface area contributed by atoms with Crippen LogP contribution in [-0.2, 0) is 27.5 Å². The molecule has 184 valence electrons. The van der Waals surface area contributed by atoms with Crippen molar-refractivity contribution in [2.45, 2.75) is 32.0 Å². The summed E-state index contributed by atoms with van der Waals surface area (Å²) in [5.74, 6) is -1.16. The van der Waals surface area contributed by atoms with Crippen molar-refractivity contribution >= 4 is 33.5 Å². The topological polar surface area (TPSA) is 91.4 Å². The van der Waals surface area contributed by atoms with Crippen LogP contribution in [0.4, 0.5) is 29.1 Å². The molecule has 7 nitrogen and oxygen atoms in total. The number of hydrogen-bond donors (Lipinski definition) is 2. The van der Waals surface area contributed by atoms with Gasteiger partial charge in [0.25, 0.3) is 0 Å². The molecule has 2 aromatic rings. The van der Waals surface area contributed by atoms with Crippen molar-refractivity contribution in [1.29, 1.82) is 0 Å². The fourth-order valence-corrected chi connectivity index (χ4v) is 4.04. The first kappa shape index (κ1) is 25.5. The van der Waals surface area contributed by atoms with Crippen molar-refractivity contribution in [2.75, 3.05) is 29.0 Å². The maximum Gasteiger partial charge on any atom is 0.433 e. The number of hydrogen-bond acceptors (Lipinski definition) is 5. The molecular formula is C22H24F4N4O3S. The van der Waals surface area contributed by atoms with E-state index in [1.807, 2.05) is 4.72 Å². The van der Waals surface area contributed by atoms with Gasteiger partial charge in [0.1, 0.15) is 17.3 Å². The highest BCUT2D eigenvalue weighted by atomic mass is 32.2. The van der Waals surface area contributed by atoms with Gasteiger partial charge in [0.2, 0.25) is 15.9 Å². The van der Waals surface area contributed by atoms with E-state index in [9.17, 15) is 30.8 Å². The second kappa shape index (κ2) is 10.4. The van der Waals surface area contributed by atoms with Crippen LogP contribution >= 0.6 is 0 Å². The van der Waals surface area contributed by atoms with E-state index in [1.165, 1.54) is 30.4 Å². The number of nitrogens with one attached hydrogen (secondary N) is 2. The van der Waals surface area contributed by atoms with Crippen LogP contribution in [0.5, 0.6) is 0 Å². The molecule has 1 aromatic carbocycles. The van der Waals surface area contributed by atoms with Crippen molar-refractivity contribution in [1.82, 2.24) is 10.3 Å². The number of pyridine rings is 1. The largest absolute Gasteiger partial charge is 0.433 e. The standard InChI is InChI=1S/C22H24F4N4O3S/c1-34(32,33)29-18-8-5-15(13-17(18)23)14-27-20(31)10-7-16-6-9-19(22(24,25)26)28-21(16)30-11-3-2-4-12-30/h5-10,13,29H,2-4,11-12,14H2,1H3,(H,27,31)/b10-7+. The molecule has 3 rings (SSSR count). The van der Waals surface area contributed by atoms with Gasteiger partial charge in [-0.1, -0.05) is 6.07 Å². The Kier molecular flexibility index (Phi) is 7.80. The van der Waals surface area contributed by atoms with Crippen LogP contribution in [0.15, 0.2) is 36.4 Å². The monoisotopic (exact) mass is 500 g/mol. The lowest BCUT2D eigenvalue weighted by atomic mass is 10.1. The third-order valence-corrected chi connectivity index (χ3v) is 5.65. The molecule has 1 aromatic heterocycles. The number of piperidine rings is 1. The van der Waals surface area contributed by atoms with Gasteiger partial charge in [-0.2, -0.15) is 13.2 Å². The minimum absolute atomic E-state index is 0.0382. The summed E-state index contributed by atoms with van der Waals surface area (Å²) in [6.07, 6.45) is 1.57. The summed E-state index contributed by atoms with van der Waals surface area (Å²) in [4.78, 5) is 17.8. The molecule has 1 saturated heterocycles. The number of carbonyl (C=O) groups excluding carboxylic acids is 1. The lowest BCUT2D eigenvalue weighted by molar-refractivity contribution is -0.141. The first-order valence-electron chi connectivity index (χ1n) is 10.5. The van der Waals surface area contributed by atoms with Gasteiger partial charge in [-0.25, -0.2) is 17.8 Å². The Hall–Kier alpha value is -3.15. The number of benzene rings is 1. The van der Waals surface area contributed by atoms with E-state index in [-0.39, 0.29) is 18.1 Å². The Morgan fingerprint density at radius 1 is 1.15 bits per heavy atom. The number of alkyl halides is 3. The van der Waals surface area contributed by atoms with Crippen LogP contribution in [0.3, 0.4) is 0 Å². The Bertz CT molecular complexity index is 1180. The predicted molar refractivity (Wildman–Crippen MR) is 121 cm³/mol. The van der Waals surface area contributed by atoms with Crippen LogP contribution in [0.1, 0.15) is 36.1 Å². The maximum absolute atomic E-state index is 14.1. The molecule has 1 aliphatic rings. The molecule has 1 aliphatic heterocycles. The smallest absolute Gasteiger partial charge is 0.356 e. The van der Waals surface area contributed by atoms with Crippen molar-refractivity contribution in [3.05, 3.63) is 59.0 Å². The van der Waals surface area contributed by atoms with Gasteiger partial charge >= 0.3 is 6.18 Å². The van der Waals surface area contributed by atoms with Crippen molar-refractivity contribution in [2.24, 2.45) is 0 Å². The number of sulfonamides is 1. The SMILES string of the molecule is CS(=O)(=O)Nc1ccc(CNC(=O)/C=C/c2ccc(C(F)(F)F)nc2N2CCCCC2)cc1F. The average Bonchev–Trinajstić information content (AvgIpc) is 2.77. The van der Waals surface area contributed by atoms with Crippen LogP contribution in [0.2, 0.25) is 0 Å². The average molecular weight is 501 g/mol. The van der Waals surface area contributed by atoms with Crippen LogP contribution < -0.4 is 14.9 Å². The molecule has 2 N–H and O–H groups in total. The quantitative estimate of drug-likeness (QED) is 0.444. The van der Waals surface area contributed by atoms with Gasteiger partial charge in [0.05, 0.1) is 11.9 Å². The number of nitrogens with zero attached hydrogens (tertiary/aromatic N) is 2. The van der Waals surface area contributed by atoms with Gasteiger partial charge in [0, 0.05) is 31.3 Å². The normalized spacial score (nSPS) is 14.9. The van der Waals surface area contributed by atoms with Gasteiger partial charge in [-0.15, -0.1) is 0 Å². The van der Waals surface area contributed by atoms with E-state index in [0.29, 0.717) is 24.2 Å². The molecule has 0 radical (unpaired) electrons. The fourth-order valence-electron chi connectivity index (χ4n) is 3.47. The summed E-state index contributed by atoms with van der Waals surface area (Å²) < 4.78 is 78.0. The van der Waals surface area contributed by atoms with E-state index in [4.69, 9.17) is 0 Å². The molecular weight excluding hydrogens is 476 g/mol. The van der Waals surface area contributed by atoms with Gasteiger partial charge < -0.3 is 10.2 Å². The third-order valence-electron chi connectivity index (χ3n) is 5.06. The zero-order valence-corrected chi connectivity index (χ0v) is 19.1. The van der Waals surface area contributed by atoms with Crippen molar-refractivity contribution in [3.8, 4) is 0 Å². The van der Waals surface area contributed by atoms with Gasteiger partial charge in [0.15, 0.2) is 0 Å². The van der Waals surface area contributed by atoms with Gasteiger partial charge in [-0.05, 0) is 55.2 Å². The lowest BCUT2D eigenvalue weighted by Crippen LogP contribution is -2.31. The summed E-state index contributed by atoms with van der Waals surface area (Å²) in [5, 5.41) is 2.55. The van der Waals surface area contributed by atoms with E-state index < -0.39 is 33.6 Å². The lowest BCUT2D eigenvalue weighted by Gasteiger charge is -2.29. The number of carbonyl (C=O) groups is 1. The number of halogens is 4. The zero-order chi connectivity index (χ0) is 24.9. The van der Waals surface area contributed by atoms with Crippen LogP contribution in [0.25, 0.3) is 6.08 Å². The molecule has 0 saturated carbocycles. The van der Waals surface area contributed by atoms with Crippen LogP contribution in [-0.4, -0.2) is 38.7 Å². The van der Waals surface area contributed by atoms with Crippen molar-refractivity contribution in [3.63, 3.8) is 0 Å². The molecule has 0 bridgehead atoms. The number of anilines is 2. The Labute approximate surface area is 194 Å². The van der Waals surface area contributed by atoms with E-state index in [2.05, 4.69) is 10.3 Å². The predicted octanol–water partition coefficient (Wildman–Crippen LogP) is 3.93. The zero-order valence-electron chi connectivity index (χ0n) is 18.3. The van der Waals surface area contributed by atoms with E-state index in [1.54, 1.807) is 4.90 Å². The molecule has 12 heteroatoms. The third kappa shape index (κ3) is 7.17. The molecule has 0 spiro atoms. The fraction of sp³-hybridized carbons (Fsp3) is 0.364. The minimum atomic E-state index is -4.58. The molecule has 0 unspecified atom stereocenters. The van der Waals surface area contributed by atoms with Crippen LogP contribution in [0, 0.1) is 5.82 Å². The summed E-state index contributed by atoms with van der Waals surface area (Å²) in [5.41, 5.74) is -0.432.